The Morgan fingerprint density at radius 1 is 0.635 bits per heavy atom. The lowest BCUT2D eigenvalue weighted by molar-refractivity contribution is -0.386. The third-order valence-electron chi connectivity index (χ3n) is 11.2. The number of aliphatic imine (C=N–C) groups is 1. The molecule has 32 nitrogen and oxygen atoms in total. The Morgan fingerprint density at radius 2 is 1.10 bits per heavy atom. The molecule has 0 amide bonds. The topological polar surface area (TPSA) is 428 Å². The lowest BCUT2D eigenvalue weighted by Crippen LogP contribution is -2.46. The number of carbonyl (C=O) groups excluding carboxylic acids is 4. The number of carbonyl (C=O) groups is 4. The number of nitrogens with two attached hydrogens (primary N) is 1. The van der Waals surface area contributed by atoms with Crippen LogP contribution in [0.4, 0.5) is 23.0 Å². The summed E-state index contributed by atoms with van der Waals surface area (Å²) >= 11 is 5.87. The highest BCUT2D eigenvalue weighted by Gasteiger charge is 2.42. The van der Waals surface area contributed by atoms with Crippen LogP contribution < -0.4 is 30.8 Å². The molecule has 2 fully saturated rings. The van der Waals surface area contributed by atoms with E-state index >= 15 is 0 Å². The average Bonchev–Trinajstić information content (AvgIpc) is 0.827. The van der Waals surface area contributed by atoms with Crippen molar-refractivity contribution in [3.63, 3.8) is 0 Å². The molecule has 8 aromatic heterocycles. The van der Waals surface area contributed by atoms with Gasteiger partial charge < -0.3 is 63.1 Å². The molecule has 0 aliphatic carbocycles. The van der Waals surface area contributed by atoms with Gasteiger partial charge in [-0.2, -0.15) is 15.0 Å². The van der Waals surface area contributed by atoms with E-state index in [0.717, 1.165) is 23.8 Å². The zero-order chi connectivity index (χ0) is 68.3. The Hall–Kier alpha value is -10.7. The molecule has 4 N–H and O–H groups in total. The number of fused-ring (bicyclic) bond motifs is 3. The summed E-state index contributed by atoms with van der Waals surface area (Å²) in [7, 11) is 4.45. The quantitative estimate of drug-likeness (QED) is 0.0241. The van der Waals surface area contributed by atoms with E-state index in [1.54, 1.807) is 48.7 Å². The second kappa shape index (κ2) is 41.1. The van der Waals surface area contributed by atoms with Gasteiger partial charge in [0.15, 0.2) is 22.8 Å². The third kappa shape index (κ3) is 27.1. The van der Waals surface area contributed by atoms with Crippen molar-refractivity contribution in [1.29, 1.82) is 0 Å². The van der Waals surface area contributed by atoms with Crippen molar-refractivity contribution in [1.82, 2.24) is 39.9 Å². The SMILES string of the molecule is C.C.C.C.CC1(C)OC(=O)CC(=O)O1.CCOC(OCC)OCC.COc1ccc2c(=O)c([N+](=O)[O-])c[nH]c2n1.COc1ccc2c(=O)cc[nH]c2n1.COc1ccc2c(Cl)c([N+](=O)[O-])cnc2n1.Cc1cccc(N)n1.Cc1cccc(N=CC2C(=O)OC(C)(C)OC2=O)n1. The largest absolute Gasteiger partial charge is 0.481 e. The van der Waals surface area contributed by atoms with E-state index < -0.39 is 68.8 Å². The van der Waals surface area contributed by atoms with Gasteiger partial charge >= 0.3 is 35.3 Å². The molecule has 0 unspecified atom stereocenters. The number of nitrogens with zero attached hydrogens (tertiary/aromatic N) is 9. The number of rotatable bonds is 13. The van der Waals surface area contributed by atoms with Crippen molar-refractivity contribution in [2.24, 2.45) is 10.9 Å². The third-order valence-corrected chi connectivity index (χ3v) is 11.6. The lowest BCUT2D eigenvalue weighted by atomic mass is 10.1. The summed E-state index contributed by atoms with van der Waals surface area (Å²) in [5, 5.41) is 22.3. The zero-order valence-electron chi connectivity index (χ0n) is 51.9. The second-order valence-electron chi connectivity index (χ2n) is 19.1. The lowest BCUT2D eigenvalue weighted by Gasteiger charge is -2.31. The molecule has 0 atom stereocenters. The van der Waals surface area contributed by atoms with Crippen molar-refractivity contribution >= 4 is 97.8 Å². The zero-order valence-corrected chi connectivity index (χ0v) is 52.7. The molecule has 2 saturated heterocycles. The van der Waals surface area contributed by atoms with Gasteiger partial charge in [-0.3, -0.25) is 49.0 Å². The number of cyclic esters (lactones) is 4. The fourth-order valence-corrected chi connectivity index (χ4v) is 7.48. The van der Waals surface area contributed by atoms with E-state index in [1.165, 1.54) is 73.4 Å². The highest BCUT2D eigenvalue weighted by molar-refractivity contribution is 6.37. The monoisotopic (exact) mass is 1360 g/mol. The van der Waals surface area contributed by atoms with Crippen LogP contribution in [0.5, 0.6) is 17.6 Å². The van der Waals surface area contributed by atoms with Gasteiger partial charge in [-0.1, -0.05) is 53.4 Å². The normalized spacial score (nSPS) is 13.0. The van der Waals surface area contributed by atoms with Gasteiger partial charge in [-0.05, 0) is 77.1 Å². The number of esters is 4. The Bertz CT molecular complexity index is 3950. The molecule has 33 heteroatoms. The Labute approximate surface area is 558 Å². The number of nitrogen functional groups attached to an aromatic ring is 1. The number of aryl methyl sites for hydroxylation is 2. The number of aromatic nitrogens is 8. The minimum atomic E-state index is -1.22. The van der Waals surface area contributed by atoms with Crippen molar-refractivity contribution in [3.8, 4) is 17.6 Å². The van der Waals surface area contributed by atoms with Crippen molar-refractivity contribution in [3.05, 3.63) is 155 Å². The van der Waals surface area contributed by atoms with Gasteiger partial charge in [-0.25, -0.2) is 19.9 Å². The second-order valence-corrected chi connectivity index (χ2v) is 19.4. The smallest absolute Gasteiger partial charge is 0.332 e. The molecule has 2 aliphatic heterocycles. The van der Waals surface area contributed by atoms with Crippen LogP contribution in [0.2, 0.25) is 5.02 Å². The molecule has 0 spiro atoms. The number of pyridine rings is 8. The van der Waals surface area contributed by atoms with Gasteiger partial charge in [0.05, 0.1) is 48.1 Å². The first-order valence-corrected chi connectivity index (χ1v) is 27.7. The fraction of sp³-hybridized carbons (Fsp3) is 0.381. The first kappa shape index (κ1) is 85.3. The van der Waals surface area contributed by atoms with E-state index in [4.69, 9.17) is 55.2 Å². The van der Waals surface area contributed by atoms with E-state index in [9.17, 15) is 49.0 Å². The number of halogens is 1. The van der Waals surface area contributed by atoms with Crippen LogP contribution in [-0.2, 0) is 52.3 Å². The van der Waals surface area contributed by atoms with E-state index in [0.29, 0.717) is 71.2 Å². The van der Waals surface area contributed by atoms with E-state index in [1.807, 2.05) is 52.8 Å². The summed E-state index contributed by atoms with van der Waals surface area (Å²) < 4.78 is 49.2. The molecule has 0 saturated carbocycles. The van der Waals surface area contributed by atoms with Crippen LogP contribution in [0.25, 0.3) is 33.1 Å². The van der Waals surface area contributed by atoms with Crippen LogP contribution in [0.1, 0.15) is 96.0 Å². The van der Waals surface area contributed by atoms with Gasteiger partial charge in [0.1, 0.15) is 34.8 Å². The fourth-order valence-electron chi connectivity index (χ4n) is 7.21. The summed E-state index contributed by atoms with van der Waals surface area (Å²) in [6, 6.07) is 21.7. The van der Waals surface area contributed by atoms with Crippen LogP contribution in [-0.4, -0.2) is 139 Å². The molecule has 0 radical (unpaired) electrons. The van der Waals surface area contributed by atoms with E-state index in [-0.39, 0.29) is 63.3 Å². The number of H-pyrrole nitrogens is 2. The minimum absolute atomic E-state index is 0. The molecule has 2 aliphatic rings. The van der Waals surface area contributed by atoms with Gasteiger partial charge in [-0.15, -0.1) is 0 Å². The standard InChI is InChI=1S/C13H14N2O4.C9H6ClN3O3.C9H7N3O4.C9H8N2O2.C7H16O3.C6H8N2.C6H8O4.4CH4/c1-8-5-4-6-10(15-8)14-7-9-11(16)18-13(2,3)19-12(9)17;1-16-7-3-2-5-8(10)6(13(14)15)4-11-9(5)12-7;1-16-7-3-2-5-8(13)6(12(14)15)4-10-9(5)11-7;1-13-8-3-2-6-7(12)4-5-10-9(6)11-8;1-4-8-7(9-5-2)10-6-3;1-5-3-2-4-6(7)8-5;1-6(2)9-4(7)3-5(8)10-6;;;;/h4-7,9H,1-3H3;2-4H,1H3;2-4H,1H3,(H,10,11,13);2-5H,1H3,(H,10,11,12);7H,4-6H2,1-3H3;2-4H,1H3,(H2,7,8);3H2,1-2H3;4*1H4. The number of anilines is 1. The Balaban J connectivity index is 0.00000111. The number of methoxy groups -OCH3 is 3. The molecule has 522 valence electrons. The molecular weight excluding hydrogens is 1280 g/mol. The number of hydrogen-bond donors (Lipinski definition) is 3. The molecule has 0 bridgehead atoms. The predicted octanol–water partition coefficient (Wildman–Crippen LogP) is 10.6. The highest BCUT2D eigenvalue weighted by atomic mass is 35.5. The first-order chi connectivity index (χ1) is 43.6. The van der Waals surface area contributed by atoms with Crippen LogP contribution in [0.15, 0.2) is 112 Å². The summed E-state index contributed by atoms with van der Waals surface area (Å²) in [6.07, 6.45) is 4.59. The van der Waals surface area contributed by atoms with Crippen molar-refractivity contribution in [2.45, 2.75) is 116 Å². The highest BCUT2D eigenvalue weighted by Crippen LogP contribution is 2.31. The summed E-state index contributed by atoms with van der Waals surface area (Å²) in [5.41, 5.74) is 6.80. The number of nitro groups is 2. The maximum Gasteiger partial charge on any atom is 0.332 e. The molecule has 8 aromatic rings. The molecule has 96 heavy (non-hydrogen) atoms. The van der Waals surface area contributed by atoms with Gasteiger partial charge in [0.25, 0.3) is 23.5 Å². The number of nitrogens with one attached hydrogen (secondary N) is 2. The number of hydrogen-bond acceptors (Lipinski definition) is 28. The van der Waals surface area contributed by atoms with E-state index in [2.05, 4.69) is 54.3 Å². The minimum Gasteiger partial charge on any atom is -0.481 e. The predicted molar refractivity (Wildman–Crippen MR) is 359 cm³/mol. The summed E-state index contributed by atoms with van der Waals surface area (Å²) in [6.45, 7) is 16.9. The summed E-state index contributed by atoms with van der Waals surface area (Å²) in [5.74, 6) is -3.62. The number of ether oxygens (including phenoxy) is 10. The maximum absolute atomic E-state index is 11.7. The molecule has 10 rings (SSSR count). The first-order valence-electron chi connectivity index (χ1n) is 27.4. The number of aromatic amines is 2. The van der Waals surface area contributed by atoms with Crippen LogP contribution >= 0.6 is 11.6 Å². The van der Waals surface area contributed by atoms with Gasteiger partial charge in [0, 0.05) is 101 Å². The maximum atomic E-state index is 11.7. The average molecular weight is 1360 g/mol. The molecular formula is C63H83ClN12O20. The Morgan fingerprint density at radius 3 is 1.56 bits per heavy atom. The molecule has 0 aromatic carbocycles. The van der Waals surface area contributed by atoms with Crippen molar-refractivity contribution in [2.75, 3.05) is 46.9 Å². The molecule has 10 heterocycles. The Kier molecular flexibility index (Phi) is 36.5. The van der Waals surface area contributed by atoms with Crippen molar-refractivity contribution < 1.29 is 76.4 Å². The van der Waals surface area contributed by atoms with Crippen LogP contribution in [0, 0.1) is 40.0 Å². The summed E-state index contributed by atoms with van der Waals surface area (Å²) in [4.78, 5) is 121. The van der Waals surface area contributed by atoms with Crippen LogP contribution in [0.3, 0.4) is 0 Å². The van der Waals surface area contributed by atoms with Gasteiger partial charge in [0.2, 0.25) is 17.6 Å².